The Balaban J connectivity index is 1.94. The van der Waals surface area contributed by atoms with E-state index >= 15 is 0 Å². The molecule has 4 N–H and O–H groups in total. The van der Waals surface area contributed by atoms with Gasteiger partial charge < -0.3 is 5.11 Å². The van der Waals surface area contributed by atoms with Gasteiger partial charge in [0.2, 0.25) is 5.82 Å². The molecule has 2 aromatic carbocycles. The summed E-state index contributed by atoms with van der Waals surface area (Å²) in [6.07, 6.45) is 1.38. The Kier molecular flexibility index (Phi) is 3.40. The zero-order valence-electron chi connectivity index (χ0n) is 11.2. The summed E-state index contributed by atoms with van der Waals surface area (Å²) in [6, 6.07) is 10.9. The molecule has 22 heavy (non-hydrogen) atoms. The van der Waals surface area contributed by atoms with Gasteiger partial charge in [-0.15, -0.1) is 5.10 Å². The topological polar surface area (TPSA) is 123 Å². The van der Waals surface area contributed by atoms with Crippen molar-refractivity contribution in [2.75, 3.05) is 5.43 Å². The first-order chi connectivity index (χ1) is 10.6. The molecule has 0 atom stereocenters. The average molecular weight is 297 g/mol. The van der Waals surface area contributed by atoms with Crippen LogP contribution >= 0.6 is 0 Å². The van der Waals surface area contributed by atoms with E-state index in [0.717, 1.165) is 10.8 Å². The summed E-state index contributed by atoms with van der Waals surface area (Å²) in [7, 11) is 0. The third-order valence-corrected chi connectivity index (χ3v) is 3.02. The van der Waals surface area contributed by atoms with Crippen LogP contribution in [-0.4, -0.2) is 26.5 Å². The van der Waals surface area contributed by atoms with E-state index in [0.29, 0.717) is 5.56 Å². The molecule has 0 spiro atoms. The van der Waals surface area contributed by atoms with E-state index < -0.39 is 11.2 Å². The van der Waals surface area contributed by atoms with E-state index in [4.69, 9.17) is 0 Å². The molecular weight excluding hydrogens is 286 g/mol. The molecule has 0 aliphatic carbocycles. The van der Waals surface area contributed by atoms with Crippen LogP contribution in [0.5, 0.6) is 5.75 Å². The van der Waals surface area contributed by atoms with Crippen molar-refractivity contribution >= 4 is 22.8 Å². The number of hydrogen-bond donors (Lipinski definition) is 4. The van der Waals surface area contributed by atoms with Crippen molar-refractivity contribution in [2.45, 2.75) is 0 Å². The molecule has 0 bridgehead atoms. The van der Waals surface area contributed by atoms with Crippen molar-refractivity contribution in [3.8, 4) is 5.75 Å². The van der Waals surface area contributed by atoms with Crippen molar-refractivity contribution in [1.29, 1.82) is 0 Å². The van der Waals surface area contributed by atoms with Crippen molar-refractivity contribution < 1.29 is 5.11 Å². The second kappa shape index (κ2) is 5.52. The Morgan fingerprint density at radius 1 is 1.18 bits per heavy atom. The van der Waals surface area contributed by atoms with Crippen LogP contribution in [0.2, 0.25) is 0 Å². The number of rotatable bonds is 3. The second-order valence-electron chi connectivity index (χ2n) is 4.44. The van der Waals surface area contributed by atoms with Gasteiger partial charge in [0.05, 0.1) is 6.21 Å². The van der Waals surface area contributed by atoms with Crippen LogP contribution in [0.25, 0.3) is 10.8 Å². The minimum Gasteiger partial charge on any atom is -0.507 e. The Labute approximate surface area is 123 Å². The molecule has 0 aliphatic heterocycles. The molecule has 0 saturated carbocycles. The predicted molar refractivity (Wildman–Crippen MR) is 82.3 cm³/mol. The van der Waals surface area contributed by atoms with E-state index in [1.807, 2.05) is 29.2 Å². The molecule has 0 unspecified atom stereocenters. The average Bonchev–Trinajstić information content (AvgIpc) is 2.51. The summed E-state index contributed by atoms with van der Waals surface area (Å²) in [6.45, 7) is 0. The number of hydrazone groups is 1. The molecule has 1 heterocycles. The lowest BCUT2D eigenvalue weighted by molar-refractivity contribution is 0.475. The number of anilines is 1. The van der Waals surface area contributed by atoms with E-state index in [1.165, 1.54) is 6.21 Å². The fourth-order valence-electron chi connectivity index (χ4n) is 2.00. The van der Waals surface area contributed by atoms with Crippen LogP contribution < -0.4 is 16.7 Å². The number of fused-ring (bicyclic) bond motifs is 1. The molecule has 1 aromatic heterocycles. The number of phenolic OH excluding ortho intramolecular Hbond substituents is 1. The molecule has 0 radical (unpaired) electrons. The van der Waals surface area contributed by atoms with Crippen molar-refractivity contribution in [3.63, 3.8) is 0 Å². The van der Waals surface area contributed by atoms with E-state index in [2.05, 4.69) is 20.7 Å². The van der Waals surface area contributed by atoms with E-state index in [1.54, 1.807) is 12.1 Å². The third-order valence-electron chi connectivity index (χ3n) is 3.02. The van der Waals surface area contributed by atoms with Gasteiger partial charge in [-0.2, -0.15) is 5.10 Å². The van der Waals surface area contributed by atoms with E-state index in [9.17, 15) is 14.7 Å². The van der Waals surface area contributed by atoms with Crippen LogP contribution in [0.4, 0.5) is 5.82 Å². The fourth-order valence-corrected chi connectivity index (χ4v) is 2.00. The summed E-state index contributed by atoms with van der Waals surface area (Å²) >= 11 is 0. The molecule has 0 saturated heterocycles. The lowest BCUT2D eigenvalue weighted by atomic mass is 10.0. The Morgan fingerprint density at radius 3 is 2.82 bits per heavy atom. The summed E-state index contributed by atoms with van der Waals surface area (Å²) in [5, 5.41) is 21.2. The Bertz CT molecular complexity index is 974. The van der Waals surface area contributed by atoms with Gasteiger partial charge in [-0.05, 0) is 16.8 Å². The summed E-state index contributed by atoms with van der Waals surface area (Å²) < 4.78 is 0. The first-order valence-electron chi connectivity index (χ1n) is 6.34. The molecule has 3 aromatic rings. The summed E-state index contributed by atoms with van der Waals surface area (Å²) in [5.41, 5.74) is 1.53. The van der Waals surface area contributed by atoms with Gasteiger partial charge in [0.1, 0.15) is 5.75 Å². The standard InChI is InChI=1S/C14H11N5O3/c20-11-6-5-8-3-1-2-4-9(8)10(11)7-15-17-12-13(21)16-14(22)19-18-12/h1-7,20H,(H,17,18)(H2,16,19,21,22)/b15-7+. The van der Waals surface area contributed by atoms with Crippen molar-refractivity contribution in [3.05, 3.63) is 62.8 Å². The quantitative estimate of drug-likeness (QED) is 0.420. The highest BCUT2D eigenvalue weighted by atomic mass is 16.3. The number of H-pyrrole nitrogens is 2. The lowest BCUT2D eigenvalue weighted by Crippen LogP contribution is -2.25. The predicted octanol–water partition coefficient (Wildman–Crippen LogP) is 0.763. The highest BCUT2D eigenvalue weighted by molar-refractivity contribution is 6.02. The summed E-state index contributed by atoms with van der Waals surface area (Å²) in [4.78, 5) is 24.3. The number of aromatic hydroxyl groups is 1. The van der Waals surface area contributed by atoms with Crippen LogP contribution in [-0.2, 0) is 0 Å². The van der Waals surface area contributed by atoms with Crippen LogP contribution in [0, 0.1) is 0 Å². The Morgan fingerprint density at radius 2 is 2.00 bits per heavy atom. The molecular formula is C14H11N5O3. The monoisotopic (exact) mass is 297 g/mol. The smallest absolute Gasteiger partial charge is 0.342 e. The lowest BCUT2D eigenvalue weighted by Gasteiger charge is -2.04. The maximum atomic E-state index is 11.4. The first-order valence-corrected chi connectivity index (χ1v) is 6.34. The van der Waals surface area contributed by atoms with Crippen LogP contribution in [0.1, 0.15) is 5.56 Å². The molecule has 0 amide bonds. The highest BCUT2D eigenvalue weighted by Gasteiger charge is 2.04. The number of hydrogen-bond acceptors (Lipinski definition) is 6. The number of nitrogens with one attached hydrogen (secondary N) is 3. The maximum absolute atomic E-state index is 11.4. The first kappa shape index (κ1) is 13.6. The van der Waals surface area contributed by atoms with Crippen molar-refractivity contribution in [2.24, 2.45) is 5.10 Å². The molecule has 0 fully saturated rings. The minimum absolute atomic E-state index is 0.0626. The van der Waals surface area contributed by atoms with Gasteiger partial charge in [0.15, 0.2) is 0 Å². The molecule has 0 aliphatic rings. The largest absolute Gasteiger partial charge is 0.507 e. The highest BCUT2D eigenvalue weighted by Crippen LogP contribution is 2.25. The third kappa shape index (κ3) is 2.57. The van der Waals surface area contributed by atoms with Crippen LogP contribution in [0.3, 0.4) is 0 Å². The fraction of sp³-hybridized carbons (Fsp3) is 0. The number of phenols is 1. The molecule has 110 valence electrons. The second-order valence-corrected chi connectivity index (χ2v) is 4.44. The van der Waals surface area contributed by atoms with E-state index in [-0.39, 0.29) is 11.6 Å². The number of benzene rings is 2. The van der Waals surface area contributed by atoms with Gasteiger partial charge in [0, 0.05) is 5.56 Å². The van der Waals surface area contributed by atoms with Crippen molar-refractivity contribution in [1.82, 2.24) is 15.2 Å². The number of aromatic amines is 2. The Hall–Kier alpha value is -3.42. The summed E-state index contributed by atoms with van der Waals surface area (Å²) in [5.74, 6) is -0.0943. The van der Waals surface area contributed by atoms with Gasteiger partial charge in [0.25, 0.3) is 5.56 Å². The van der Waals surface area contributed by atoms with Gasteiger partial charge in [-0.25, -0.2) is 9.89 Å². The molecule has 3 rings (SSSR count). The number of nitrogens with zero attached hydrogens (tertiary/aromatic N) is 2. The zero-order valence-corrected chi connectivity index (χ0v) is 11.2. The SMILES string of the molecule is O=c1[nH]nc(N/N=C/c2c(O)ccc3ccccc23)c(=O)[nH]1. The molecule has 8 heteroatoms. The van der Waals surface area contributed by atoms with Crippen LogP contribution in [0.15, 0.2) is 51.1 Å². The maximum Gasteiger partial charge on any atom is 0.342 e. The molecule has 8 nitrogen and oxygen atoms in total. The minimum atomic E-state index is -0.703. The number of aromatic nitrogens is 3. The van der Waals surface area contributed by atoms with Gasteiger partial charge in [-0.1, -0.05) is 30.3 Å². The normalized spacial score (nSPS) is 11.1. The van der Waals surface area contributed by atoms with Gasteiger partial charge in [-0.3, -0.25) is 15.2 Å². The zero-order chi connectivity index (χ0) is 15.5. The van der Waals surface area contributed by atoms with Gasteiger partial charge >= 0.3 is 5.69 Å².